The molecule has 0 N–H and O–H groups in total. The van der Waals surface area contributed by atoms with E-state index < -0.39 is 0 Å². The van der Waals surface area contributed by atoms with Gasteiger partial charge in [-0.25, -0.2) is 4.79 Å². The number of hydrogen-bond acceptors (Lipinski definition) is 7. The summed E-state index contributed by atoms with van der Waals surface area (Å²) in [6, 6.07) is 5.92. The fraction of sp³-hybridized carbons (Fsp3) is 0.300. The van der Waals surface area contributed by atoms with Crippen molar-refractivity contribution < 1.29 is 19.0 Å². The lowest BCUT2D eigenvalue weighted by atomic mass is 9.92. The predicted molar refractivity (Wildman–Crippen MR) is 107 cm³/mol. The third-order valence-corrected chi connectivity index (χ3v) is 7.27. The molecule has 0 spiro atoms. The molecule has 0 saturated carbocycles. The van der Waals surface area contributed by atoms with Crippen LogP contribution < -0.4 is 9.47 Å². The van der Waals surface area contributed by atoms with Crippen molar-refractivity contribution in [3.63, 3.8) is 0 Å². The van der Waals surface area contributed by atoms with E-state index >= 15 is 0 Å². The predicted octanol–water partition coefficient (Wildman–Crippen LogP) is 4.30. The van der Waals surface area contributed by atoms with Crippen molar-refractivity contribution in [2.24, 2.45) is 7.05 Å². The first-order chi connectivity index (χ1) is 13.7. The Kier molecular flexibility index (Phi) is 4.32. The summed E-state index contributed by atoms with van der Waals surface area (Å²) in [5.74, 6) is 1.27. The van der Waals surface area contributed by atoms with E-state index in [1.165, 1.54) is 16.9 Å². The molecule has 0 atom stereocenters. The first-order valence-corrected chi connectivity index (χ1v) is 10.7. The fourth-order valence-corrected chi connectivity index (χ4v) is 6.17. The first-order valence-electron chi connectivity index (χ1n) is 9.07. The highest BCUT2D eigenvalue weighted by molar-refractivity contribution is 8.01. The van der Waals surface area contributed by atoms with Crippen LogP contribution in [-0.2, 0) is 24.6 Å². The molecule has 0 radical (unpaired) electrons. The van der Waals surface area contributed by atoms with Gasteiger partial charge in [0, 0.05) is 17.5 Å². The highest BCUT2D eigenvalue weighted by atomic mass is 32.2. The van der Waals surface area contributed by atoms with Crippen molar-refractivity contribution in [2.75, 3.05) is 13.4 Å². The van der Waals surface area contributed by atoms with Crippen molar-refractivity contribution in [1.82, 2.24) is 9.78 Å². The standard InChI is InChI=1S/C20H18N2O4S2/c1-3-24-19(23)18-13-6-4-11-9-21-22(2)17(11)16(13)20(28-18)27-12-5-7-14-15(8-12)26-10-25-14/h5,7-9H,3-4,6,10H2,1-2H3. The Labute approximate surface area is 170 Å². The Hall–Kier alpha value is -2.45. The summed E-state index contributed by atoms with van der Waals surface area (Å²) in [5.41, 5.74) is 4.49. The van der Waals surface area contributed by atoms with Gasteiger partial charge in [0.05, 0.1) is 22.7 Å². The number of rotatable bonds is 4. The van der Waals surface area contributed by atoms with Gasteiger partial charge in [-0.3, -0.25) is 4.68 Å². The molecule has 0 unspecified atom stereocenters. The van der Waals surface area contributed by atoms with Gasteiger partial charge >= 0.3 is 5.97 Å². The zero-order chi connectivity index (χ0) is 19.3. The summed E-state index contributed by atoms with van der Waals surface area (Å²) in [5, 5.41) is 4.44. The van der Waals surface area contributed by atoms with Gasteiger partial charge < -0.3 is 14.2 Å². The van der Waals surface area contributed by atoms with Crippen LogP contribution in [0.1, 0.15) is 27.7 Å². The molecule has 5 rings (SSSR count). The summed E-state index contributed by atoms with van der Waals surface area (Å²) in [6.07, 6.45) is 3.63. The van der Waals surface area contributed by atoms with Gasteiger partial charge in [-0.15, -0.1) is 11.3 Å². The zero-order valence-electron chi connectivity index (χ0n) is 15.5. The Balaban J connectivity index is 1.61. The molecular weight excluding hydrogens is 396 g/mol. The summed E-state index contributed by atoms with van der Waals surface area (Å²) in [4.78, 5) is 14.3. The molecule has 3 aromatic rings. The Morgan fingerprint density at radius 3 is 3.04 bits per heavy atom. The van der Waals surface area contributed by atoms with Gasteiger partial charge in [0.25, 0.3) is 0 Å². The molecule has 0 fully saturated rings. The molecule has 3 heterocycles. The van der Waals surface area contributed by atoms with E-state index in [2.05, 4.69) is 5.10 Å². The third-order valence-electron chi connectivity index (χ3n) is 4.89. The normalized spacial score (nSPS) is 13.9. The maximum absolute atomic E-state index is 12.6. The van der Waals surface area contributed by atoms with Crippen LogP contribution in [0, 0.1) is 0 Å². The van der Waals surface area contributed by atoms with Gasteiger partial charge in [0.1, 0.15) is 4.88 Å². The van der Waals surface area contributed by atoms with Crippen molar-refractivity contribution in [1.29, 1.82) is 0 Å². The molecule has 8 heteroatoms. The Morgan fingerprint density at radius 2 is 2.18 bits per heavy atom. The number of benzene rings is 1. The topological polar surface area (TPSA) is 62.6 Å². The van der Waals surface area contributed by atoms with Crippen LogP contribution in [0.3, 0.4) is 0 Å². The van der Waals surface area contributed by atoms with Gasteiger partial charge in [0.15, 0.2) is 11.5 Å². The number of fused-ring (bicyclic) bond motifs is 4. The number of aromatic nitrogens is 2. The Morgan fingerprint density at radius 1 is 1.32 bits per heavy atom. The average Bonchev–Trinajstić information content (AvgIpc) is 3.39. The van der Waals surface area contributed by atoms with Gasteiger partial charge in [-0.2, -0.15) is 5.10 Å². The van der Waals surface area contributed by atoms with Gasteiger partial charge in [-0.05, 0) is 49.1 Å². The van der Waals surface area contributed by atoms with E-state index in [0.29, 0.717) is 11.5 Å². The molecule has 2 aliphatic rings. The highest BCUT2D eigenvalue weighted by Gasteiger charge is 2.31. The molecule has 1 aliphatic carbocycles. The van der Waals surface area contributed by atoms with E-state index in [0.717, 1.165) is 50.3 Å². The summed E-state index contributed by atoms with van der Waals surface area (Å²) < 4.78 is 19.2. The van der Waals surface area contributed by atoms with E-state index in [4.69, 9.17) is 14.2 Å². The molecule has 1 aromatic carbocycles. The second kappa shape index (κ2) is 6.86. The van der Waals surface area contributed by atoms with Crippen LogP contribution in [0.5, 0.6) is 11.5 Å². The minimum absolute atomic E-state index is 0.244. The van der Waals surface area contributed by atoms with Gasteiger partial charge in [-0.1, -0.05) is 11.8 Å². The van der Waals surface area contributed by atoms with Crippen molar-refractivity contribution in [3.8, 4) is 22.8 Å². The maximum Gasteiger partial charge on any atom is 0.348 e. The second-order valence-electron chi connectivity index (χ2n) is 6.55. The van der Waals surface area contributed by atoms with Crippen molar-refractivity contribution in [3.05, 3.63) is 40.4 Å². The first kappa shape index (κ1) is 17.6. The van der Waals surface area contributed by atoms with Crippen LogP contribution in [0.2, 0.25) is 0 Å². The highest BCUT2D eigenvalue weighted by Crippen LogP contribution is 2.49. The van der Waals surface area contributed by atoms with E-state index in [1.807, 2.05) is 43.0 Å². The monoisotopic (exact) mass is 414 g/mol. The molecular formula is C20H18N2O4S2. The smallest absolute Gasteiger partial charge is 0.348 e. The van der Waals surface area contributed by atoms with Crippen LogP contribution in [-0.4, -0.2) is 29.1 Å². The number of esters is 1. The number of aryl methyl sites for hydroxylation is 2. The summed E-state index contributed by atoms with van der Waals surface area (Å²) >= 11 is 3.14. The number of thiophene rings is 1. The molecule has 0 bridgehead atoms. The van der Waals surface area contributed by atoms with Gasteiger partial charge in [0.2, 0.25) is 6.79 Å². The van der Waals surface area contributed by atoms with E-state index in [1.54, 1.807) is 11.8 Å². The molecule has 6 nitrogen and oxygen atoms in total. The molecule has 0 amide bonds. The number of carbonyl (C=O) groups is 1. The van der Waals surface area contributed by atoms with Crippen molar-refractivity contribution in [2.45, 2.75) is 28.9 Å². The molecule has 2 aromatic heterocycles. The summed E-state index contributed by atoms with van der Waals surface area (Å²) in [7, 11) is 1.95. The molecule has 28 heavy (non-hydrogen) atoms. The number of carbonyl (C=O) groups excluding carboxylic acids is 1. The molecule has 144 valence electrons. The fourth-order valence-electron chi connectivity index (χ4n) is 3.65. The van der Waals surface area contributed by atoms with Crippen LogP contribution >= 0.6 is 23.1 Å². The summed E-state index contributed by atoms with van der Waals surface area (Å²) in [6.45, 7) is 2.45. The van der Waals surface area contributed by atoms with E-state index in [9.17, 15) is 4.79 Å². The minimum Gasteiger partial charge on any atom is -0.462 e. The largest absolute Gasteiger partial charge is 0.462 e. The third kappa shape index (κ3) is 2.79. The minimum atomic E-state index is -0.244. The maximum atomic E-state index is 12.6. The lowest BCUT2D eigenvalue weighted by Crippen LogP contribution is -2.10. The second-order valence-corrected chi connectivity index (χ2v) is 8.91. The number of nitrogens with zero attached hydrogens (tertiary/aromatic N) is 2. The lowest BCUT2D eigenvalue weighted by Gasteiger charge is -2.16. The zero-order valence-corrected chi connectivity index (χ0v) is 17.1. The average molecular weight is 415 g/mol. The van der Waals surface area contributed by atoms with Crippen LogP contribution in [0.4, 0.5) is 0 Å². The number of hydrogen-bond donors (Lipinski definition) is 0. The SMILES string of the molecule is CCOC(=O)c1sc(Sc2ccc3c(c2)OCO3)c2c1CCc1cnn(C)c1-2. The van der Waals surface area contributed by atoms with Crippen LogP contribution in [0.15, 0.2) is 33.5 Å². The quantitative estimate of drug-likeness (QED) is 0.593. The molecule has 0 saturated heterocycles. The van der Waals surface area contributed by atoms with E-state index in [-0.39, 0.29) is 12.8 Å². The van der Waals surface area contributed by atoms with Crippen molar-refractivity contribution >= 4 is 29.1 Å². The molecule has 1 aliphatic heterocycles. The number of ether oxygens (including phenoxy) is 3. The van der Waals surface area contributed by atoms with Crippen LogP contribution in [0.25, 0.3) is 11.3 Å². The lowest BCUT2D eigenvalue weighted by molar-refractivity contribution is 0.0531. The Bertz CT molecular complexity index is 1090.